The number of carbonyl (C=O) groups is 1. The van der Waals surface area contributed by atoms with E-state index in [2.05, 4.69) is 20.6 Å². The smallest absolute Gasteiger partial charge is 0.407 e. The Bertz CT molecular complexity index is 1090. The van der Waals surface area contributed by atoms with Gasteiger partial charge in [-0.1, -0.05) is 12.2 Å². The molecule has 0 bridgehead atoms. The van der Waals surface area contributed by atoms with Gasteiger partial charge in [0, 0.05) is 25.7 Å². The zero-order valence-electron chi connectivity index (χ0n) is 17.7. The molecule has 0 unspecified atom stereocenters. The Balaban J connectivity index is 1.60. The number of benzene rings is 1. The van der Waals surface area contributed by atoms with Crippen LogP contribution >= 0.6 is 0 Å². The topological polar surface area (TPSA) is 125 Å². The van der Waals surface area contributed by atoms with E-state index in [-0.39, 0.29) is 16.3 Å². The van der Waals surface area contributed by atoms with Crippen molar-refractivity contribution < 1.29 is 22.7 Å². The lowest BCUT2D eigenvalue weighted by Crippen LogP contribution is -2.39. The molecule has 32 heavy (non-hydrogen) atoms. The van der Waals surface area contributed by atoms with E-state index in [1.54, 1.807) is 19.1 Å². The first-order valence-electron chi connectivity index (χ1n) is 10.2. The summed E-state index contributed by atoms with van der Waals surface area (Å²) in [5.41, 5.74) is 0.0978. The fraction of sp³-hybridized carbons (Fsp3) is 0.381. The van der Waals surface area contributed by atoms with Crippen LogP contribution in [0.1, 0.15) is 19.8 Å². The van der Waals surface area contributed by atoms with Crippen molar-refractivity contribution in [1.29, 1.82) is 0 Å². The van der Waals surface area contributed by atoms with E-state index in [0.29, 0.717) is 37.2 Å². The molecule has 0 atom stereocenters. The normalized spacial score (nSPS) is 15.1. The number of allylic oxidation sites excluding steroid dienone is 1. The molecule has 1 aliphatic rings. The summed E-state index contributed by atoms with van der Waals surface area (Å²) in [7, 11) is -3.59. The Morgan fingerprint density at radius 2 is 1.97 bits per heavy atom. The lowest BCUT2D eigenvalue weighted by molar-refractivity contribution is 0.126. The molecule has 3 rings (SSSR count). The Kier molecular flexibility index (Phi) is 7.62. The molecule has 11 heteroatoms. The molecule has 1 aromatic carbocycles. The van der Waals surface area contributed by atoms with Crippen LogP contribution in [0.25, 0.3) is 0 Å². The number of amides is 1. The van der Waals surface area contributed by atoms with E-state index < -0.39 is 21.7 Å². The molecule has 0 aliphatic carbocycles. The lowest BCUT2D eigenvalue weighted by Gasteiger charge is -2.30. The van der Waals surface area contributed by atoms with Crippen LogP contribution in [0, 0.1) is 11.7 Å². The van der Waals surface area contributed by atoms with Crippen molar-refractivity contribution in [1.82, 2.24) is 14.9 Å². The number of carboxylic acid groups (broad SMARTS) is 1. The molecule has 9 nitrogen and oxygen atoms in total. The molecule has 1 saturated heterocycles. The number of sulfone groups is 1. The highest BCUT2D eigenvalue weighted by atomic mass is 32.2. The molecular formula is C21H26FN5O4S. The lowest BCUT2D eigenvalue weighted by atomic mass is 9.97. The Morgan fingerprint density at radius 1 is 1.25 bits per heavy atom. The number of hydrogen-bond donors (Lipinski definition) is 3. The van der Waals surface area contributed by atoms with Gasteiger partial charge in [0.2, 0.25) is 0 Å². The zero-order chi connectivity index (χ0) is 23.1. The average Bonchev–Trinajstić information content (AvgIpc) is 2.78. The van der Waals surface area contributed by atoms with Crippen molar-refractivity contribution in [2.24, 2.45) is 5.92 Å². The first-order chi connectivity index (χ1) is 15.3. The summed E-state index contributed by atoms with van der Waals surface area (Å²) in [5.74, 6) is 0.337. The second-order valence-corrected chi connectivity index (χ2v) is 9.53. The molecule has 1 aliphatic heterocycles. The maximum atomic E-state index is 14.5. The standard InChI is InChI=1S/C21H26FN5O4S/c1-2-3-10-32(30,31)16-4-5-18(17(22)11-16)26-20-12-19(24-14-25-20)23-13-15-6-8-27(9-7-15)21(28)29/h2-5,11-12,14-15H,6-10,13H2,1H3,(H,28,29)(H2,23,24,25,26). The fourth-order valence-corrected chi connectivity index (χ4v) is 4.54. The Labute approximate surface area is 186 Å². The van der Waals surface area contributed by atoms with Gasteiger partial charge in [-0.15, -0.1) is 0 Å². The van der Waals surface area contributed by atoms with E-state index >= 15 is 0 Å². The van der Waals surface area contributed by atoms with Gasteiger partial charge in [-0.3, -0.25) is 0 Å². The number of nitrogens with zero attached hydrogens (tertiary/aromatic N) is 3. The van der Waals surface area contributed by atoms with Crippen molar-refractivity contribution in [3.05, 3.63) is 48.6 Å². The minimum atomic E-state index is -3.59. The molecule has 3 N–H and O–H groups in total. The van der Waals surface area contributed by atoms with E-state index in [0.717, 1.165) is 18.9 Å². The van der Waals surface area contributed by atoms with Gasteiger partial charge in [-0.2, -0.15) is 0 Å². The van der Waals surface area contributed by atoms with Gasteiger partial charge in [-0.05, 0) is 43.9 Å². The van der Waals surface area contributed by atoms with Gasteiger partial charge < -0.3 is 20.6 Å². The predicted octanol–water partition coefficient (Wildman–Crippen LogP) is 3.51. The average molecular weight is 464 g/mol. The van der Waals surface area contributed by atoms with E-state index in [1.807, 2.05) is 0 Å². The second kappa shape index (κ2) is 10.4. The summed E-state index contributed by atoms with van der Waals surface area (Å²) < 4.78 is 38.9. The summed E-state index contributed by atoms with van der Waals surface area (Å²) >= 11 is 0. The number of likely N-dealkylation sites (tertiary alicyclic amines) is 1. The maximum absolute atomic E-state index is 14.5. The van der Waals surface area contributed by atoms with Gasteiger partial charge in [-0.25, -0.2) is 27.6 Å². The molecule has 2 heterocycles. The highest BCUT2D eigenvalue weighted by Gasteiger charge is 2.22. The molecule has 0 spiro atoms. The predicted molar refractivity (Wildman–Crippen MR) is 119 cm³/mol. The quantitative estimate of drug-likeness (QED) is 0.508. The van der Waals surface area contributed by atoms with Crippen LogP contribution < -0.4 is 10.6 Å². The van der Waals surface area contributed by atoms with E-state index in [4.69, 9.17) is 5.11 Å². The minimum Gasteiger partial charge on any atom is -0.465 e. The third-order valence-electron chi connectivity index (χ3n) is 5.24. The SMILES string of the molecule is CC=CCS(=O)(=O)c1ccc(Nc2cc(NCC3CCN(C(=O)O)CC3)ncn2)c(F)c1. The van der Waals surface area contributed by atoms with Gasteiger partial charge in [0.1, 0.15) is 23.8 Å². The monoisotopic (exact) mass is 463 g/mol. The van der Waals surface area contributed by atoms with Crippen molar-refractivity contribution in [2.75, 3.05) is 36.0 Å². The van der Waals surface area contributed by atoms with E-state index in [9.17, 15) is 17.6 Å². The van der Waals surface area contributed by atoms with E-state index in [1.165, 1.54) is 29.4 Å². The first-order valence-corrected chi connectivity index (χ1v) is 11.9. The number of rotatable bonds is 8. The number of hydrogen-bond acceptors (Lipinski definition) is 7. The summed E-state index contributed by atoms with van der Waals surface area (Å²) in [5, 5.41) is 15.1. The highest BCUT2D eigenvalue weighted by molar-refractivity contribution is 7.91. The molecule has 172 valence electrons. The zero-order valence-corrected chi connectivity index (χ0v) is 18.5. The van der Waals surface area contributed by atoms with Crippen LogP contribution in [0.3, 0.4) is 0 Å². The highest BCUT2D eigenvalue weighted by Crippen LogP contribution is 2.24. The van der Waals surface area contributed by atoms with Crippen molar-refractivity contribution in [3.63, 3.8) is 0 Å². The number of anilines is 3. The van der Waals surface area contributed by atoms with Crippen LogP contribution in [0.2, 0.25) is 0 Å². The third kappa shape index (κ3) is 6.16. The second-order valence-electron chi connectivity index (χ2n) is 7.50. The van der Waals surface area contributed by atoms with Crippen LogP contribution in [0.5, 0.6) is 0 Å². The molecule has 0 saturated carbocycles. The van der Waals surface area contributed by atoms with Crippen LogP contribution in [0.4, 0.5) is 26.5 Å². The van der Waals surface area contributed by atoms with Crippen LogP contribution in [-0.2, 0) is 9.84 Å². The van der Waals surface area contributed by atoms with Gasteiger partial charge in [0.25, 0.3) is 0 Å². The van der Waals surface area contributed by atoms with Crippen LogP contribution in [-0.4, -0.2) is 59.9 Å². The number of nitrogens with one attached hydrogen (secondary N) is 2. The largest absolute Gasteiger partial charge is 0.465 e. The minimum absolute atomic E-state index is 0.0855. The number of piperidine rings is 1. The Hall–Kier alpha value is -3.21. The summed E-state index contributed by atoms with van der Waals surface area (Å²) in [4.78, 5) is 20.6. The maximum Gasteiger partial charge on any atom is 0.407 e. The first kappa shape index (κ1) is 23.5. The molecular weight excluding hydrogens is 437 g/mol. The fourth-order valence-electron chi connectivity index (χ4n) is 3.35. The Morgan fingerprint density at radius 3 is 2.62 bits per heavy atom. The summed E-state index contributed by atoms with van der Waals surface area (Å²) in [6, 6.07) is 5.34. The van der Waals surface area contributed by atoms with Crippen molar-refractivity contribution >= 4 is 33.3 Å². The van der Waals surface area contributed by atoms with Gasteiger partial charge >= 0.3 is 6.09 Å². The number of aromatic nitrogens is 2. The summed E-state index contributed by atoms with van der Waals surface area (Å²) in [6.07, 6.45) is 5.12. The van der Waals surface area contributed by atoms with Crippen molar-refractivity contribution in [3.8, 4) is 0 Å². The summed E-state index contributed by atoms with van der Waals surface area (Å²) in [6.45, 7) is 3.38. The number of halogens is 1. The molecule has 1 fully saturated rings. The van der Waals surface area contributed by atoms with Gasteiger partial charge in [0.15, 0.2) is 9.84 Å². The third-order valence-corrected chi connectivity index (χ3v) is 6.84. The van der Waals surface area contributed by atoms with Gasteiger partial charge in [0.05, 0.1) is 16.3 Å². The molecule has 1 amide bonds. The van der Waals surface area contributed by atoms with Crippen molar-refractivity contribution in [2.45, 2.75) is 24.7 Å². The molecule has 0 radical (unpaired) electrons. The molecule has 1 aromatic heterocycles. The molecule has 2 aromatic rings. The van der Waals surface area contributed by atoms with Crippen LogP contribution in [0.15, 0.2) is 47.6 Å².